The van der Waals surface area contributed by atoms with Crippen molar-refractivity contribution in [1.29, 1.82) is 5.26 Å². The molecule has 0 atom stereocenters. The molecule has 4 heteroatoms. The van der Waals surface area contributed by atoms with Gasteiger partial charge in [0, 0.05) is 17.9 Å². The lowest BCUT2D eigenvalue weighted by Gasteiger charge is -2.22. The summed E-state index contributed by atoms with van der Waals surface area (Å²) in [4.78, 5) is 12.3. The Morgan fingerprint density at radius 3 is 2.38 bits per heavy atom. The Morgan fingerprint density at radius 1 is 1.21 bits per heavy atom. The van der Waals surface area contributed by atoms with E-state index in [9.17, 15) is 10.1 Å². The summed E-state index contributed by atoms with van der Waals surface area (Å²) in [6, 6.07) is 8.42. The van der Waals surface area contributed by atoms with Crippen LogP contribution in [0.4, 0.5) is 5.69 Å². The third kappa shape index (κ3) is 4.61. The number of hydrogen-bond acceptors (Lipinski definition) is 3. The molecule has 1 fully saturated rings. The molecule has 0 saturated heterocycles. The molecule has 0 bridgehead atoms. The van der Waals surface area contributed by atoms with E-state index in [2.05, 4.69) is 36.6 Å². The molecule has 128 valence electrons. The quantitative estimate of drug-likeness (QED) is 0.612. The Bertz CT molecular complexity index is 615. The van der Waals surface area contributed by atoms with E-state index in [1.165, 1.54) is 17.5 Å². The molecular formula is C20H27N3O. The lowest BCUT2D eigenvalue weighted by molar-refractivity contribution is -0.118. The first-order valence-corrected chi connectivity index (χ1v) is 8.98. The lowest BCUT2D eigenvalue weighted by atomic mass is 9.95. The SMILES string of the molecule is CCc1cccc(CC)c1N/C=C(/C#N)C(=O)NC1CCCCC1. The smallest absolute Gasteiger partial charge is 0.263 e. The van der Waals surface area contributed by atoms with Crippen LogP contribution in [0.2, 0.25) is 0 Å². The fourth-order valence-corrected chi connectivity index (χ4v) is 3.23. The van der Waals surface area contributed by atoms with E-state index in [1.54, 1.807) is 6.20 Å². The van der Waals surface area contributed by atoms with Crippen molar-refractivity contribution < 1.29 is 4.79 Å². The van der Waals surface area contributed by atoms with Crippen molar-refractivity contribution in [3.05, 3.63) is 41.1 Å². The van der Waals surface area contributed by atoms with Crippen molar-refractivity contribution in [2.24, 2.45) is 0 Å². The Balaban J connectivity index is 2.10. The van der Waals surface area contributed by atoms with E-state index in [4.69, 9.17) is 0 Å². The number of aryl methyl sites for hydroxylation is 2. The maximum atomic E-state index is 12.3. The van der Waals surface area contributed by atoms with Crippen LogP contribution < -0.4 is 10.6 Å². The number of anilines is 1. The number of carbonyl (C=O) groups is 1. The third-order valence-corrected chi connectivity index (χ3v) is 4.67. The van der Waals surface area contributed by atoms with Crippen LogP contribution in [0.5, 0.6) is 0 Å². The Hall–Kier alpha value is -2.28. The molecule has 0 spiro atoms. The fraction of sp³-hybridized carbons (Fsp3) is 0.500. The predicted octanol–water partition coefficient (Wildman–Crippen LogP) is 4.08. The van der Waals surface area contributed by atoms with Gasteiger partial charge in [0.05, 0.1) is 0 Å². The molecule has 1 aliphatic carbocycles. The minimum absolute atomic E-state index is 0.133. The van der Waals surface area contributed by atoms with Gasteiger partial charge in [0.25, 0.3) is 5.91 Å². The molecule has 0 radical (unpaired) electrons. The zero-order chi connectivity index (χ0) is 17.4. The number of nitrogens with one attached hydrogen (secondary N) is 2. The number of carbonyl (C=O) groups excluding carboxylic acids is 1. The van der Waals surface area contributed by atoms with E-state index in [0.29, 0.717) is 0 Å². The molecule has 1 aliphatic rings. The van der Waals surface area contributed by atoms with Crippen LogP contribution in [0.25, 0.3) is 0 Å². The number of hydrogen-bond donors (Lipinski definition) is 2. The van der Waals surface area contributed by atoms with E-state index >= 15 is 0 Å². The highest BCUT2D eigenvalue weighted by Crippen LogP contribution is 2.23. The highest BCUT2D eigenvalue weighted by Gasteiger charge is 2.18. The van der Waals surface area contributed by atoms with Crippen LogP contribution in [0.15, 0.2) is 30.0 Å². The highest BCUT2D eigenvalue weighted by molar-refractivity contribution is 5.97. The summed E-state index contributed by atoms with van der Waals surface area (Å²) in [6.07, 6.45) is 8.92. The standard InChI is InChI=1S/C20H27N3O/c1-3-15-9-8-10-16(4-2)19(15)22-14-17(13-21)20(24)23-18-11-6-5-7-12-18/h8-10,14,18,22H,3-7,11-12H2,1-2H3,(H,23,24)/b17-14-. The van der Waals surface area contributed by atoms with Crippen LogP contribution in [0, 0.1) is 11.3 Å². The van der Waals surface area contributed by atoms with Crippen molar-refractivity contribution in [1.82, 2.24) is 5.32 Å². The van der Waals surface area contributed by atoms with E-state index < -0.39 is 0 Å². The summed E-state index contributed by atoms with van der Waals surface area (Å²) in [7, 11) is 0. The van der Waals surface area contributed by atoms with Gasteiger partial charge in [-0.25, -0.2) is 0 Å². The maximum absolute atomic E-state index is 12.3. The van der Waals surface area contributed by atoms with Crippen molar-refractivity contribution in [3.8, 4) is 6.07 Å². The molecule has 4 nitrogen and oxygen atoms in total. The number of amides is 1. The zero-order valence-corrected chi connectivity index (χ0v) is 14.7. The van der Waals surface area contributed by atoms with Gasteiger partial charge in [0.1, 0.15) is 11.6 Å². The molecule has 0 aliphatic heterocycles. The average molecular weight is 325 g/mol. The van der Waals surface area contributed by atoms with Crippen molar-refractivity contribution in [3.63, 3.8) is 0 Å². The Morgan fingerprint density at radius 2 is 1.83 bits per heavy atom. The van der Waals surface area contributed by atoms with Gasteiger partial charge in [-0.1, -0.05) is 51.3 Å². The first-order chi connectivity index (χ1) is 11.7. The molecule has 24 heavy (non-hydrogen) atoms. The second-order valence-electron chi connectivity index (χ2n) is 6.28. The Labute approximate surface area is 144 Å². The first-order valence-electron chi connectivity index (χ1n) is 8.98. The largest absolute Gasteiger partial charge is 0.360 e. The van der Waals surface area contributed by atoms with E-state index in [1.807, 2.05) is 12.1 Å². The summed E-state index contributed by atoms with van der Waals surface area (Å²) in [6.45, 7) is 4.20. The third-order valence-electron chi connectivity index (χ3n) is 4.67. The fourth-order valence-electron chi connectivity index (χ4n) is 3.23. The van der Waals surface area contributed by atoms with Gasteiger partial charge in [-0.3, -0.25) is 4.79 Å². The zero-order valence-electron chi connectivity index (χ0n) is 14.7. The average Bonchev–Trinajstić information content (AvgIpc) is 2.62. The topological polar surface area (TPSA) is 64.9 Å². The number of nitrogens with zero attached hydrogens (tertiary/aromatic N) is 1. The molecule has 2 N–H and O–H groups in total. The van der Waals surface area contributed by atoms with Gasteiger partial charge < -0.3 is 10.6 Å². The minimum atomic E-state index is -0.274. The number of rotatable bonds is 6. The van der Waals surface area contributed by atoms with E-state index in [-0.39, 0.29) is 17.5 Å². The van der Waals surface area contributed by atoms with Crippen LogP contribution in [-0.4, -0.2) is 11.9 Å². The number of nitriles is 1. The highest BCUT2D eigenvalue weighted by atomic mass is 16.1. The van der Waals surface area contributed by atoms with Crippen LogP contribution in [-0.2, 0) is 17.6 Å². The molecular weight excluding hydrogens is 298 g/mol. The van der Waals surface area contributed by atoms with Gasteiger partial charge in [-0.05, 0) is 36.8 Å². The van der Waals surface area contributed by atoms with Gasteiger partial charge in [-0.2, -0.15) is 5.26 Å². The second-order valence-corrected chi connectivity index (χ2v) is 6.28. The molecule has 1 aromatic rings. The predicted molar refractivity (Wildman–Crippen MR) is 97.5 cm³/mol. The molecule has 2 rings (SSSR count). The second kappa shape index (κ2) is 9.12. The molecule has 0 aromatic heterocycles. The first kappa shape index (κ1) is 18.1. The van der Waals surface area contributed by atoms with Gasteiger partial charge in [-0.15, -0.1) is 0 Å². The monoisotopic (exact) mass is 325 g/mol. The normalized spacial score (nSPS) is 15.6. The summed E-state index contributed by atoms with van der Waals surface area (Å²) in [5.41, 5.74) is 3.53. The summed E-state index contributed by atoms with van der Waals surface area (Å²) in [5, 5.41) is 15.5. The van der Waals surface area contributed by atoms with Crippen LogP contribution >= 0.6 is 0 Å². The van der Waals surface area contributed by atoms with Gasteiger partial charge in [0.15, 0.2) is 0 Å². The van der Waals surface area contributed by atoms with Gasteiger partial charge >= 0.3 is 0 Å². The van der Waals surface area contributed by atoms with Crippen molar-refractivity contribution in [2.75, 3.05) is 5.32 Å². The van der Waals surface area contributed by atoms with Gasteiger partial charge in [0.2, 0.25) is 0 Å². The molecule has 1 aromatic carbocycles. The minimum Gasteiger partial charge on any atom is -0.360 e. The molecule has 1 amide bonds. The molecule has 0 heterocycles. The van der Waals surface area contributed by atoms with Crippen LogP contribution in [0.3, 0.4) is 0 Å². The van der Waals surface area contributed by atoms with Crippen LogP contribution in [0.1, 0.15) is 57.1 Å². The number of para-hydroxylation sites is 1. The maximum Gasteiger partial charge on any atom is 0.263 e. The lowest BCUT2D eigenvalue weighted by Crippen LogP contribution is -2.37. The van der Waals surface area contributed by atoms with Crippen molar-refractivity contribution in [2.45, 2.75) is 64.8 Å². The molecule has 0 unspecified atom stereocenters. The van der Waals surface area contributed by atoms with E-state index in [0.717, 1.165) is 44.2 Å². The Kier molecular flexibility index (Phi) is 6.87. The van der Waals surface area contributed by atoms with Crippen molar-refractivity contribution >= 4 is 11.6 Å². The number of benzene rings is 1. The summed E-state index contributed by atoms with van der Waals surface area (Å²) < 4.78 is 0. The molecule has 1 saturated carbocycles. The summed E-state index contributed by atoms with van der Waals surface area (Å²) in [5.74, 6) is -0.274. The summed E-state index contributed by atoms with van der Waals surface area (Å²) >= 11 is 0.